The number of amides is 1. The molecule has 1 N–H and O–H groups in total. The third-order valence-corrected chi connectivity index (χ3v) is 7.41. The largest absolute Gasteiger partial charge is 0.385 e. The summed E-state index contributed by atoms with van der Waals surface area (Å²) in [6.45, 7) is 1.83. The van der Waals surface area contributed by atoms with E-state index in [0.29, 0.717) is 44.6 Å². The van der Waals surface area contributed by atoms with Crippen LogP contribution in [0.4, 0.5) is 0 Å². The van der Waals surface area contributed by atoms with Gasteiger partial charge in [0.1, 0.15) is 11.6 Å². The van der Waals surface area contributed by atoms with Crippen molar-refractivity contribution in [3.8, 4) is 0 Å². The number of rotatable bonds is 9. The highest BCUT2D eigenvalue weighted by Crippen LogP contribution is 2.28. The monoisotopic (exact) mass is 458 g/mol. The molecule has 1 aliphatic heterocycles. The molecule has 0 saturated carbocycles. The lowest BCUT2D eigenvalue weighted by Gasteiger charge is -2.23. The Kier molecular flexibility index (Phi) is 6.77. The van der Waals surface area contributed by atoms with Crippen molar-refractivity contribution < 1.29 is 17.9 Å². The average Bonchev–Trinajstić information content (AvgIpc) is 3.46. The molecule has 0 bridgehead atoms. The Morgan fingerprint density at radius 2 is 2.19 bits per heavy atom. The van der Waals surface area contributed by atoms with Crippen LogP contribution in [0.25, 0.3) is 11.0 Å². The van der Waals surface area contributed by atoms with Crippen LogP contribution in [0.1, 0.15) is 24.8 Å². The number of carbonyl (C=O) groups excluding carboxylic acids is 1. The number of aryl methyl sites for hydroxylation is 1. The molecule has 170 valence electrons. The molecule has 3 heterocycles. The maximum atomic E-state index is 13.3. The van der Waals surface area contributed by atoms with Crippen molar-refractivity contribution in [1.82, 2.24) is 29.6 Å². The third-order valence-electron chi connectivity index (χ3n) is 5.51. The normalized spacial score (nSPS) is 17.1. The summed E-state index contributed by atoms with van der Waals surface area (Å²) in [5, 5.41) is 11.1. The lowest BCUT2D eigenvalue weighted by atomic mass is 10.2. The maximum absolute atomic E-state index is 13.3. The molecule has 1 fully saturated rings. The first-order chi connectivity index (χ1) is 15.5. The number of carbonyl (C=O) groups is 1. The summed E-state index contributed by atoms with van der Waals surface area (Å²) in [6.07, 6.45) is 5.21. The van der Waals surface area contributed by atoms with E-state index in [-0.39, 0.29) is 10.8 Å². The molecular weight excluding hydrogens is 432 g/mol. The fourth-order valence-corrected chi connectivity index (χ4v) is 5.55. The molecule has 1 aromatic carbocycles. The number of pyridine rings is 1. The van der Waals surface area contributed by atoms with Crippen LogP contribution in [0, 0.1) is 0 Å². The Balaban J connectivity index is 1.50. The molecule has 1 aliphatic rings. The van der Waals surface area contributed by atoms with Crippen LogP contribution in [0.5, 0.6) is 0 Å². The summed E-state index contributed by atoms with van der Waals surface area (Å²) in [4.78, 5) is 16.9. The van der Waals surface area contributed by atoms with Crippen LogP contribution >= 0.6 is 0 Å². The second-order valence-corrected chi connectivity index (χ2v) is 9.55. The molecule has 0 aliphatic carbocycles. The molecule has 4 rings (SSSR count). The molecule has 1 saturated heterocycles. The predicted molar refractivity (Wildman–Crippen MR) is 117 cm³/mol. The zero-order valence-electron chi connectivity index (χ0n) is 17.8. The smallest absolute Gasteiger partial charge is 0.243 e. The molecule has 32 heavy (non-hydrogen) atoms. The van der Waals surface area contributed by atoms with E-state index in [4.69, 9.17) is 4.74 Å². The van der Waals surface area contributed by atoms with E-state index in [1.54, 1.807) is 42.4 Å². The van der Waals surface area contributed by atoms with Crippen molar-refractivity contribution in [2.24, 2.45) is 0 Å². The van der Waals surface area contributed by atoms with E-state index < -0.39 is 16.1 Å². The summed E-state index contributed by atoms with van der Waals surface area (Å²) >= 11 is 0. The summed E-state index contributed by atoms with van der Waals surface area (Å²) in [5.41, 5.74) is 2.11. The van der Waals surface area contributed by atoms with Crippen LogP contribution in [0.2, 0.25) is 0 Å². The quantitative estimate of drug-likeness (QED) is 0.481. The van der Waals surface area contributed by atoms with E-state index >= 15 is 0 Å². The number of benzene rings is 1. The molecule has 2 aromatic heterocycles. The topological polar surface area (TPSA) is 119 Å². The van der Waals surface area contributed by atoms with E-state index in [1.807, 2.05) is 6.07 Å². The van der Waals surface area contributed by atoms with E-state index in [9.17, 15) is 13.2 Å². The second-order valence-electron chi connectivity index (χ2n) is 7.66. The lowest BCUT2D eigenvalue weighted by molar-refractivity contribution is -0.124. The van der Waals surface area contributed by atoms with Gasteiger partial charge < -0.3 is 10.1 Å². The highest BCUT2D eigenvalue weighted by Gasteiger charge is 2.39. The number of nitrogens with one attached hydrogen (secondary N) is 1. The number of hydrogen-bond acceptors (Lipinski definition) is 7. The van der Waals surface area contributed by atoms with E-state index in [2.05, 4.69) is 20.6 Å². The minimum absolute atomic E-state index is 0.112. The molecule has 0 radical (unpaired) electrons. The van der Waals surface area contributed by atoms with Crippen molar-refractivity contribution in [1.29, 1.82) is 0 Å². The molecule has 1 amide bonds. The van der Waals surface area contributed by atoms with E-state index in [1.165, 1.54) is 10.4 Å². The number of ether oxygens (including phenoxy) is 1. The van der Waals surface area contributed by atoms with Crippen LogP contribution in [0.3, 0.4) is 0 Å². The van der Waals surface area contributed by atoms with Crippen LogP contribution < -0.4 is 5.32 Å². The van der Waals surface area contributed by atoms with Gasteiger partial charge in [-0.3, -0.25) is 9.78 Å². The van der Waals surface area contributed by atoms with Gasteiger partial charge in [0.2, 0.25) is 15.9 Å². The SMILES string of the molecule is COCCCn1nnc2cc(S(=O)(=O)N3CCCC3C(=O)NCc3cccnc3)ccc21. The van der Waals surface area contributed by atoms with Gasteiger partial charge in [0.15, 0.2) is 0 Å². The zero-order chi connectivity index (χ0) is 22.6. The minimum atomic E-state index is -3.86. The minimum Gasteiger partial charge on any atom is -0.385 e. The first-order valence-corrected chi connectivity index (χ1v) is 12.0. The Bertz CT molecular complexity index is 1180. The fourth-order valence-electron chi connectivity index (χ4n) is 3.87. The van der Waals surface area contributed by atoms with Gasteiger partial charge in [0.05, 0.1) is 10.4 Å². The first-order valence-electron chi connectivity index (χ1n) is 10.5. The molecule has 3 aromatic rings. The lowest BCUT2D eigenvalue weighted by Crippen LogP contribution is -2.45. The first kappa shape index (κ1) is 22.3. The van der Waals surface area contributed by atoms with Gasteiger partial charge in [-0.05, 0) is 49.1 Å². The van der Waals surface area contributed by atoms with Crippen molar-refractivity contribution in [2.75, 3.05) is 20.3 Å². The average molecular weight is 459 g/mol. The Labute approximate surface area is 186 Å². The van der Waals surface area contributed by atoms with Gasteiger partial charge in [0.25, 0.3) is 0 Å². The number of fused-ring (bicyclic) bond motifs is 1. The van der Waals surface area contributed by atoms with Gasteiger partial charge in [-0.15, -0.1) is 5.10 Å². The van der Waals surface area contributed by atoms with Gasteiger partial charge in [-0.1, -0.05) is 11.3 Å². The number of hydrogen-bond donors (Lipinski definition) is 1. The van der Waals surface area contributed by atoms with Crippen LogP contribution in [0.15, 0.2) is 47.6 Å². The highest BCUT2D eigenvalue weighted by molar-refractivity contribution is 7.89. The standard InChI is InChI=1S/C21H26N6O4S/c1-31-12-4-10-26-19-8-7-17(13-18(19)24-25-26)32(29,30)27-11-3-6-20(27)21(28)23-15-16-5-2-9-22-14-16/h2,5,7-9,13-14,20H,3-4,6,10-12,15H2,1H3,(H,23,28). The number of methoxy groups -OCH3 is 1. The van der Waals surface area contributed by atoms with Gasteiger partial charge in [-0.25, -0.2) is 13.1 Å². The Morgan fingerprint density at radius 3 is 2.97 bits per heavy atom. The van der Waals surface area contributed by atoms with E-state index in [0.717, 1.165) is 17.5 Å². The number of sulfonamides is 1. The van der Waals surface area contributed by atoms with Crippen molar-refractivity contribution in [3.63, 3.8) is 0 Å². The Morgan fingerprint density at radius 1 is 1.31 bits per heavy atom. The highest BCUT2D eigenvalue weighted by atomic mass is 32.2. The van der Waals surface area contributed by atoms with Crippen LogP contribution in [-0.2, 0) is 32.6 Å². The maximum Gasteiger partial charge on any atom is 0.243 e. The summed E-state index contributed by atoms with van der Waals surface area (Å²) in [5.74, 6) is -0.305. The van der Waals surface area contributed by atoms with Gasteiger partial charge in [0, 0.05) is 45.7 Å². The summed E-state index contributed by atoms with van der Waals surface area (Å²) in [6, 6.07) is 7.69. The zero-order valence-corrected chi connectivity index (χ0v) is 18.7. The molecule has 0 spiro atoms. The van der Waals surface area contributed by atoms with Crippen molar-refractivity contribution in [3.05, 3.63) is 48.3 Å². The van der Waals surface area contributed by atoms with Crippen LogP contribution in [-0.4, -0.2) is 64.9 Å². The number of aromatic nitrogens is 4. The fraction of sp³-hybridized carbons (Fsp3) is 0.429. The number of nitrogens with zero attached hydrogens (tertiary/aromatic N) is 5. The molecule has 11 heteroatoms. The van der Waals surface area contributed by atoms with Gasteiger partial charge in [-0.2, -0.15) is 4.31 Å². The van der Waals surface area contributed by atoms with Gasteiger partial charge >= 0.3 is 0 Å². The van der Waals surface area contributed by atoms with Crippen molar-refractivity contribution in [2.45, 2.75) is 43.3 Å². The van der Waals surface area contributed by atoms with Crippen molar-refractivity contribution >= 4 is 27.0 Å². The molecule has 1 atom stereocenters. The molecular formula is C21H26N6O4S. The predicted octanol–water partition coefficient (Wildman–Crippen LogP) is 1.33. The Hall–Kier alpha value is -2.89. The third kappa shape index (κ3) is 4.64. The molecule has 10 nitrogen and oxygen atoms in total. The molecule has 1 unspecified atom stereocenters. The summed E-state index contributed by atoms with van der Waals surface area (Å²) in [7, 11) is -2.22. The second kappa shape index (κ2) is 9.72. The summed E-state index contributed by atoms with van der Waals surface area (Å²) < 4.78 is 34.8.